The molecule has 7 heteroatoms. The van der Waals surface area contributed by atoms with Crippen molar-refractivity contribution in [1.29, 1.82) is 0 Å². The van der Waals surface area contributed by atoms with Crippen LogP contribution in [0.4, 0.5) is 19.0 Å². The molecular formula is C10H14F3N3S. The minimum Gasteiger partial charge on any atom is -0.367 e. The van der Waals surface area contributed by atoms with E-state index in [4.69, 9.17) is 0 Å². The van der Waals surface area contributed by atoms with Crippen LogP contribution < -0.4 is 5.32 Å². The van der Waals surface area contributed by atoms with Crippen LogP contribution in [0.1, 0.15) is 19.5 Å². The largest absolute Gasteiger partial charge is 0.435 e. The minimum atomic E-state index is -4.44. The summed E-state index contributed by atoms with van der Waals surface area (Å²) in [7, 11) is 0. The zero-order valence-electron chi connectivity index (χ0n) is 9.80. The average molecular weight is 265 g/mol. The van der Waals surface area contributed by atoms with E-state index in [1.54, 1.807) is 11.8 Å². The van der Waals surface area contributed by atoms with Gasteiger partial charge in [0.25, 0.3) is 0 Å². The number of nitrogens with one attached hydrogen (secondary N) is 1. The highest BCUT2D eigenvalue weighted by molar-refractivity contribution is 7.99. The lowest BCUT2D eigenvalue weighted by molar-refractivity contribution is -0.141. The van der Waals surface area contributed by atoms with E-state index in [1.807, 2.05) is 20.1 Å². The Morgan fingerprint density at radius 1 is 1.24 bits per heavy atom. The van der Waals surface area contributed by atoms with Gasteiger partial charge in [0, 0.05) is 11.3 Å². The van der Waals surface area contributed by atoms with Crippen LogP contribution in [0.3, 0.4) is 0 Å². The Balaban J connectivity index is 2.64. The summed E-state index contributed by atoms with van der Waals surface area (Å²) in [6, 6.07) is 2.20. The number of rotatable bonds is 4. The van der Waals surface area contributed by atoms with Gasteiger partial charge in [-0.1, -0.05) is 0 Å². The maximum Gasteiger partial charge on any atom is 0.435 e. The van der Waals surface area contributed by atoms with E-state index >= 15 is 0 Å². The molecule has 1 heterocycles. The van der Waals surface area contributed by atoms with Crippen molar-refractivity contribution in [3.8, 4) is 0 Å². The summed E-state index contributed by atoms with van der Waals surface area (Å²) in [5.74, 6) is 0.347. The van der Waals surface area contributed by atoms with Crippen molar-refractivity contribution in [2.75, 3.05) is 18.1 Å². The standard InChI is InChI=1S/C10H14F3N3S/c1-9(2,17-3)6-14-8-5-4-7(15-16-8)10(11,12)13/h4-5H,6H2,1-3H3,(H,14,16). The van der Waals surface area contributed by atoms with Crippen LogP contribution in [0.2, 0.25) is 0 Å². The molecule has 1 aromatic heterocycles. The molecule has 96 valence electrons. The normalized spacial score (nSPS) is 12.6. The molecule has 0 radical (unpaired) electrons. The fourth-order valence-corrected chi connectivity index (χ4v) is 1.17. The van der Waals surface area contributed by atoms with E-state index in [1.165, 1.54) is 6.07 Å². The molecule has 1 N–H and O–H groups in total. The molecular weight excluding hydrogens is 251 g/mol. The molecule has 0 atom stereocenters. The number of hydrogen-bond donors (Lipinski definition) is 1. The van der Waals surface area contributed by atoms with E-state index < -0.39 is 11.9 Å². The first-order valence-electron chi connectivity index (χ1n) is 4.94. The van der Waals surface area contributed by atoms with Crippen molar-refractivity contribution >= 4 is 17.6 Å². The number of aromatic nitrogens is 2. The van der Waals surface area contributed by atoms with E-state index in [9.17, 15) is 13.2 Å². The van der Waals surface area contributed by atoms with Crippen LogP contribution in [0, 0.1) is 0 Å². The van der Waals surface area contributed by atoms with E-state index in [2.05, 4.69) is 15.5 Å². The first-order chi connectivity index (χ1) is 7.74. The molecule has 3 nitrogen and oxygen atoms in total. The third-order valence-corrected chi connectivity index (χ3v) is 3.45. The maximum atomic E-state index is 12.2. The zero-order valence-corrected chi connectivity index (χ0v) is 10.6. The Morgan fingerprint density at radius 2 is 1.88 bits per heavy atom. The summed E-state index contributed by atoms with van der Waals surface area (Å²) in [5.41, 5.74) is -0.979. The van der Waals surface area contributed by atoms with Crippen LogP contribution in [0.5, 0.6) is 0 Å². The molecule has 0 amide bonds. The Labute approximate surface area is 102 Å². The number of halogens is 3. The first kappa shape index (κ1) is 14.1. The Hall–Kier alpha value is -0.980. The zero-order chi connectivity index (χ0) is 13.1. The van der Waals surface area contributed by atoms with Gasteiger partial charge in [0.05, 0.1) is 0 Å². The van der Waals surface area contributed by atoms with Crippen LogP contribution in [-0.4, -0.2) is 27.7 Å². The molecule has 0 aliphatic heterocycles. The third kappa shape index (κ3) is 4.41. The predicted molar refractivity (Wildman–Crippen MR) is 63.1 cm³/mol. The average Bonchev–Trinajstić information content (AvgIpc) is 2.26. The minimum absolute atomic E-state index is 0.00955. The van der Waals surface area contributed by atoms with Crippen LogP contribution >= 0.6 is 11.8 Å². The summed E-state index contributed by atoms with van der Waals surface area (Å²) >= 11 is 1.66. The van der Waals surface area contributed by atoms with Gasteiger partial charge in [0.15, 0.2) is 5.69 Å². The number of thioether (sulfide) groups is 1. The number of hydrogen-bond acceptors (Lipinski definition) is 4. The van der Waals surface area contributed by atoms with Crippen LogP contribution in [-0.2, 0) is 6.18 Å². The lowest BCUT2D eigenvalue weighted by Gasteiger charge is -2.22. The predicted octanol–water partition coefficient (Wildman–Crippen LogP) is 3.05. The number of anilines is 1. The van der Waals surface area contributed by atoms with Gasteiger partial charge in [-0.2, -0.15) is 24.9 Å². The highest BCUT2D eigenvalue weighted by Gasteiger charge is 2.32. The fourth-order valence-electron chi connectivity index (χ4n) is 0.953. The molecule has 0 saturated heterocycles. The van der Waals surface area contributed by atoms with Gasteiger partial charge in [-0.15, -0.1) is 10.2 Å². The Kier molecular flexibility index (Phi) is 4.24. The quantitative estimate of drug-likeness (QED) is 0.908. The second kappa shape index (κ2) is 5.12. The Bertz CT molecular complexity index is 362. The molecule has 0 saturated carbocycles. The highest BCUT2D eigenvalue weighted by Crippen LogP contribution is 2.27. The summed E-state index contributed by atoms with van der Waals surface area (Å²) in [4.78, 5) is 0. The Morgan fingerprint density at radius 3 is 2.29 bits per heavy atom. The molecule has 0 aliphatic carbocycles. The monoisotopic (exact) mass is 265 g/mol. The molecule has 1 rings (SSSR count). The van der Waals surface area contributed by atoms with Crippen molar-refractivity contribution < 1.29 is 13.2 Å². The molecule has 0 spiro atoms. The summed E-state index contributed by atoms with van der Waals surface area (Å²) < 4.78 is 36.7. The van der Waals surface area contributed by atoms with Crippen molar-refractivity contribution in [2.24, 2.45) is 0 Å². The fraction of sp³-hybridized carbons (Fsp3) is 0.600. The van der Waals surface area contributed by atoms with Crippen molar-refractivity contribution in [3.63, 3.8) is 0 Å². The molecule has 0 aromatic carbocycles. The molecule has 0 fully saturated rings. The molecule has 0 bridgehead atoms. The van der Waals surface area contributed by atoms with Crippen LogP contribution in [0.25, 0.3) is 0 Å². The molecule has 0 unspecified atom stereocenters. The van der Waals surface area contributed by atoms with Gasteiger partial charge in [0.2, 0.25) is 0 Å². The highest BCUT2D eigenvalue weighted by atomic mass is 32.2. The van der Waals surface area contributed by atoms with Crippen LogP contribution in [0.15, 0.2) is 12.1 Å². The number of alkyl halides is 3. The van der Waals surface area contributed by atoms with Gasteiger partial charge in [0.1, 0.15) is 5.82 Å². The van der Waals surface area contributed by atoms with Crippen molar-refractivity contribution in [1.82, 2.24) is 10.2 Å². The summed E-state index contributed by atoms with van der Waals surface area (Å²) in [6.07, 6.45) is -2.47. The number of nitrogens with zero attached hydrogens (tertiary/aromatic N) is 2. The lowest BCUT2D eigenvalue weighted by atomic mass is 10.2. The van der Waals surface area contributed by atoms with E-state index in [0.29, 0.717) is 12.4 Å². The SMILES string of the molecule is CSC(C)(C)CNc1ccc(C(F)(F)F)nn1. The third-order valence-electron chi connectivity index (χ3n) is 2.20. The topological polar surface area (TPSA) is 37.8 Å². The van der Waals surface area contributed by atoms with Gasteiger partial charge in [-0.25, -0.2) is 0 Å². The maximum absolute atomic E-state index is 12.2. The van der Waals surface area contributed by atoms with Gasteiger partial charge in [-0.05, 0) is 32.2 Å². The summed E-state index contributed by atoms with van der Waals surface area (Å²) in [6.45, 7) is 4.67. The second-order valence-electron chi connectivity index (χ2n) is 4.12. The molecule has 17 heavy (non-hydrogen) atoms. The van der Waals surface area contributed by atoms with E-state index in [0.717, 1.165) is 6.07 Å². The van der Waals surface area contributed by atoms with Gasteiger partial charge in [-0.3, -0.25) is 0 Å². The smallest absolute Gasteiger partial charge is 0.367 e. The summed E-state index contributed by atoms with van der Waals surface area (Å²) in [5, 5.41) is 9.58. The second-order valence-corrected chi connectivity index (χ2v) is 5.63. The van der Waals surface area contributed by atoms with Gasteiger partial charge < -0.3 is 5.32 Å². The van der Waals surface area contributed by atoms with Crippen molar-refractivity contribution in [3.05, 3.63) is 17.8 Å². The molecule has 1 aromatic rings. The van der Waals surface area contributed by atoms with Crippen molar-refractivity contribution in [2.45, 2.75) is 24.8 Å². The molecule has 0 aliphatic rings. The lowest BCUT2D eigenvalue weighted by Crippen LogP contribution is -2.26. The van der Waals surface area contributed by atoms with Gasteiger partial charge >= 0.3 is 6.18 Å². The van der Waals surface area contributed by atoms with E-state index in [-0.39, 0.29) is 4.75 Å². The first-order valence-corrected chi connectivity index (χ1v) is 6.17.